The van der Waals surface area contributed by atoms with Crippen LogP contribution in [0.25, 0.3) is 0 Å². The molecule has 1 aromatic carbocycles. The Balaban J connectivity index is 2.41. The quantitative estimate of drug-likeness (QED) is 0.236. The Labute approximate surface area is 201 Å². The number of allylic oxidation sites excluding steroid dienone is 7. The molecule has 0 aromatic heterocycles. The van der Waals surface area contributed by atoms with Crippen LogP contribution in [0.1, 0.15) is 57.5 Å². The number of carbonyl (C=O) groups is 1. The van der Waals surface area contributed by atoms with Gasteiger partial charge in [-0.2, -0.15) is 0 Å². The molecule has 0 bridgehead atoms. The number of halogens is 2. The van der Waals surface area contributed by atoms with Crippen molar-refractivity contribution < 1.29 is 18.3 Å². The van der Waals surface area contributed by atoms with Crippen LogP contribution in [0.2, 0.25) is 0 Å². The molecule has 4 nitrogen and oxygen atoms in total. The molecule has 6 heteroatoms. The molecule has 0 heterocycles. The predicted molar refractivity (Wildman–Crippen MR) is 137 cm³/mol. The summed E-state index contributed by atoms with van der Waals surface area (Å²) in [6, 6.07) is 5.66. The number of Topliss-reactive ketones (excluding diaryl/α,β-unsaturated/α-hetero) is 1. The molecule has 1 aliphatic carbocycles. The summed E-state index contributed by atoms with van der Waals surface area (Å²) in [7, 11) is 1.35. The third-order valence-electron chi connectivity index (χ3n) is 5.70. The minimum Gasteiger partial charge on any atom is -0.374 e. The summed E-state index contributed by atoms with van der Waals surface area (Å²) in [5.41, 5.74) is 5.62. The Morgan fingerprint density at radius 1 is 1.24 bits per heavy atom. The topological polar surface area (TPSA) is 50.7 Å². The van der Waals surface area contributed by atoms with Crippen LogP contribution in [0.5, 0.6) is 0 Å². The Bertz CT molecular complexity index is 1110. The number of nitrogens with zero attached hydrogens (tertiary/aromatic N) is 1. The summed E-state index contributed by atoms with van der Waals surface area (Å²) in [5.74, 6) is -0.819. The van der Waals surface area contributed by atoms with Gasteiger partial charge in [-0.05, 0) is 75.9 Å². The van der Waals surface area contributed by atoms with Gasteiger partial charge in [0.15, 0.2) is 12.0 Å². The van der Waals surface area contributed by atoms with Gasteiger partial charge in [0.1, 0.15) is 11.9 Å². The first-order chi connectivity index (χ1) is 16.1. The third kappa shape index (κ3) is 6.48. The van der Waals surface area contributed by atoms with E-state index < -0.39 is 18.1 Å². The van der Waals surface area contributed by atoms with Gasteiger partial charge < -0.3 is 10.1 Å². The first-order valence-corrected chi connectivity index (χ1v) is 11.4. The molecule has 1 aromatic rings. The van der Waals surface area contributed by atoms with E-state index in [0.29, 0.717) is 16.8 Å². The highest BCUT2D eigenvalue weighted by atomic mass is 19.2. The van der Waals surface area contributed by atoms with Gasteiger partial charge in [-0.3, -0.25) is 9.79 Å². The number of ketones is 1. The standard InChI is InChI=1S/C28H34F2N2O2/c1-8-10-17(3)28(32-22-11-12-24(20(6)33)21(9-2)15-22)19(5)31-16-18(4)23-13-14-25(34-7)27(30)26(23)29/h8,10-16,25,27,32H,9H2,1-7H3/b10-8-,18-16+,28-17+,31-19+. The largest absolute Gasteiger partial charge is 0.374 e. The SMILES string of the molecule is C\C=C/C(C)=C(Nc1ccc(C(C)=O)c(CC)c1)\C(C)=N\C=C(/C)C1=C(F)C(F)C(OC)C=C1. The number of hydrogen-bond acceptors (Lipinski definition) is 4. The van der Waals surface area contributed by atoms with E-state index >= 15 is 0 Å². The average molecular weight is 469 g/mol. The van der Waals surface area contributed by atoms with Gasteiger partial charge in [-0.15, -0.1) is 0 Å². The number of methoxy groups -OCH3 is 1. The van der Waals surface area contributed by atoms with Gasteiger partial charge in [0.2, 0.25) is 0 Å². The second-order valence-electron chi connectivity index (χ2n) is 8.21. The Morgan fingerprint density at radius 2 is 1.94 bits per heavy atom. The van der Waals surface area contributed by atoms with Crippen molar-refractivity contribution >= 4 is 17.2 Å². The van der Waals surface area contributed by atoms with E-state index in [-0.39, 0.29) is 11.4 Å². The fourth-order valence-electron chi connectivity index (χ4n) is 3.77. The minimum atomic E-state index is -1.83. The van der Waals surface area contributed by atoms with Crippen LogP contribution in [0, 0.1) is 0 Å². The molecule has 0 amide bonds. The summed E-state index contributed by atoms with van der Waals surface area (Å²) in [6.45, 7) is 11.0. The summed E-state index contributed by atoms with van der Waals surface area (Å²) in [4.78, 5) is 16.4. The first-order valence-electron chi connectivity index (χ1n) is 11.4. The maximum atomic E-state index is 14.5. The molecule has 0 radical (unpaired) electrons. The van der Waals surface area contributed by atoms with Crippen molar-refractivity contribution in [1.29, 1.82) is 0 Å². The molecule has 1 aliphatic rings. The number of aryl methyl sites for hydroxylation is 1. The molecule has 0 aliphatic heterocycles. The van der Waals surface area contributed by atoms with Crippen LogP contribution < -0.4 is 5.32 Å². The monoisotopic (exact) mass is 468 g/mol. The van der Waals surface area contributed by atoms with E-state index in [1.165, 1.54) is 25.5 Å². The molecule has 2 atom stereocenters. The molecule has 0 saturated carbocycles. The molecule has 182 valence electrons. The molecule has 1 N–H and O–H groups in total. The third-order valence-corrected chi connectivity index (χ3v) is 5.70. The maximum absolute atomic E-state index is 14.5. The van der Waals surface area contributed by atoms with Crippen molar-refractivity contribution in [2.24, 2.45) is 4.99 Å². The Kier molecular flexibility index (Phi) is 9.87. The molecule has 0 fully saturated rings. The van der Waals surface area contributed by atoms with E-state index in [1.807, 2.05) is 58.0 Å². The molecule has 0 spiro atoms. The van der Waals surface area contributed by atoms with Crippen molar-refractivity contribution in [2.75, 3.05) is 12.4 Å². The predicted octanol–water partition coefficient (Wildman–Crippen LogP) is 7.22. The van der Waals surface area contributed by atoms with Crippen molar-refractivity contribution in [3.05, 3.63) is 88.1 Å². The lowest BCUT2D eigenvalue weighted by Crippen LogP contribution is -2.26. The second kappa shape index (κ2) is 12.4. The highest BCUT2D eigenvalue weighted by Crippen LogP contribution is 2.29. The number of nitrogens with one attached hydrogen (secondary N) is 1. The number of benzene rings is 1. The zero-order valence-electron chi connectivity index (χ0n) is 21.0. The summed E-state index contributed by atoms with van der Waals surface area (Å²) in [5, 5.41) is 3.42. The lowest BCUT2D eigenvalue weighted by Gasteiger charge is -2.21. The molecule has 0 saturated heterocycles. The lowest BCUT2D eigenvalue weighted by molar-refractivity contribution is 0.0701. The number of carbonyl (C=O) groups excluding carboxylic acids is 1. The van der Waals surface area contributed by atoms with E-state index in [0.717, 1.165) is 28.9 Å². The average Bonchev–Trinajstić information content (AvgIpc) is 2.82. The van der Waals surface area contributed by atoms with Crippen LogP contribution in [0.15, 0.2) is 81.9 Å². The fraction of sp³-hybridized carbons (Fsp3) is 0.357. The maximum Gasteiger partial charge on any atom is 0.181 e. The van der Waals surface area contributed by atoms with E-state index in [9.17, 15) is 13.6 Å². The van der Waals surface area contributed by atoms with E-state index in [1.54, 1.807) is 13.8 Å². The lowest BCUT2D eigenvalue weighted by atomic mass is 9.97. The van der Waals surface area contributed by atoms with E-state index in [2.05, 4.69) is 10.3 Å². The first kappa shape index (κ1) is 27.1. The van der Waals surface area contributed by atoms with Gasteiger partial charge in [-0.1, -0.05) is 31.2 Å². The van der Waals surface area contributed by atoms with Crippen molar-refractivity contribution in [3.63, 3.8) is 0 Å². The molecular formula is C28H34F2N2O2. The smallest absolute Gasteiger partial charge is 0.181 e. The van der Waals surface area contributed by atoms with Crippen LogP contribution in [0.3, 0.4) is 0 Å². The van der Waals surface area contributed by atoms with Crippen LogP contribution in [-0.2, 0) is 11.2 Å². The number of aliphatic imine (C=N–C) groups is 1. The van der Waals surface area contributed by atoms with Crippen molar-refractivity contribution in [1.82, 2.24) is 0 Å². The number of hydrogen-bond donors (Lipinski definition) is 1. The normalized spacial score (nSPS) is 20.1. The highest BCUT2D eigenvalue weighted by Gasteiger charge is 2.29. The Hall–Kier alpha value is -3.12. The number of alkyl halides is 1. The Morgan fingerprint density at radius 3 is 2.53 bits per heavy atom. The number of ether oxygens (including phenoxy) is 1. The molecular weight excluding hydrogens is 434 g/mol. The summed E-state index contributed by atoms with van der Waals surface area (Å²) in [6.07, 6.45) is 6.45. The summed E-state index contributed by atoms with van der Waals surface area (Å²) >= 11 is 0. The summed E-state index contributed by atoms with van der Waals surface area (Å²) < 4.78 is 33.7. The molecule has 2 rings (SSSR count). The zero-order chi connectivity index (χ0) is 25.4. The van der Waals surface area contributed by atoms with Crippen LogP contribution in [-0.4, -0.2) is 30.9 Å². The van der Waals surface area contributed by atoms with Gasteiger partial charge in [0.05, 0.1) is 11.4 Å². The minimum absolute atomic E-state index is 0.0354. The van der Waals surface area contributed by atoms with Gasteiger partial charge in [0, 0.05) is 30.1 Å². The second-order valence-corrected chi connectivity index (χ2v) is 8.21. The van der Waals surface area contributed by atoms with Crippen LogP contribution >= 0.6 is 0 Å². The van der Waals surface area contributed by atoms with Crippen LogP contribution in [0.4, 0.5) is 14.5 Å². The fourth-order valence-corrected chi connectivity index (χ4v) is 3.77. The molecule has 34 heavy (non-hydrogen) atoms. The highest BCUT2D eigenvalue weighted by molar-refractivity contribution is 6.02. The number of anilines is 1. The van der Waals surface area contributed by atoms with Gasteiger partial charge >= 0.3 is 0 Å². The van der Waals surface area contributed by atoms with Gasteiger partial charge in [-0.25, -0.2) is 8.78 Å². The zero-order valence-corrected chi connectivity index (χ0v) is 21.0. The van der Waals surface area contributed by atoms with Crippen molar-refractivity contribution in [3.8, 4) is 0 Å². The van der Waals surface area contributed by atoms with Crippen molar-refractivity contribution in [2.45, 2.75) is 60.2 Å². The molecule has 2 unspecified atom stereocenters. The number of rotatable bonds is 9. The van der Waals surface area contributed by atoms with E-state index in [4.69, 9.17) is 4.74 Å². The van der Waals surface area contributed by atoms with Gasteiger partial charge in [0.25, 0.3) is 0 Å².